The van der Waals surface area contributed by atoms with Gasteiger partial charge in [-0.1, -0.05) is 36.8 Å². The van der Waals surface area contributed by atoms with Crippen molar-refractivity contribution in [3.63, 3.8) is 0 Å². The minimum Gasteiger partial charge on any atom is -0.467 e. The van der Waals surface area contributed by atoms with Crippen LogP contribution in [0.1, 0.15) is 46.1 Å². The molecule has 0 N–H and O–H groups in total. The molecule has 3 aliphatic heterocycles. The van der Waals surface area contributed by atoms with E-state index in [0.29, 0.717) is 32.5 Å². The minimum atomic E-state index is -0.744. The van der Waals surface area contributed by atoms with Gasteiger partial charge in [-0.2, -0.15) is 0 Å². The number of esters is 1. The van der Waals surface area contributed by atoms with Crippen LogP contribution in [0.5, 0.6) is 0 Å². The van der Waals surface area contributed by atoms with E-state index in [1.54, 1.807) is 0 Å². The zero-order chi connectivity index (χ0) is 24.6. The summed E-state index contributed by atoms with van der Waals surface area (Å²) in [6, 6.07) is 8.75. The lowest BCUT2D eigenvalue weighted by molar-refractivity contribution is -0.149. The number of likely N-dealkylation sites (tertiary alicyclic amines) is 1. The number of hydrogen-bond acceptors (Lipinski definition) is 7. The van der Waals surface area contributed by atoms with Crippen molar-refractivity contribution >= 4 is 19.2 Å². The Bertz CT molecular complexity index is 877. The zero-order valence-corrected chi connectivity index (χ0v) is 20.9. The Morgan fingerprint density at radius 2 is 1.79 bits per heavy atom. The van der Waals surface area contributed by atoms with Gasteiger partial charge in [0.25, 0.3) is 0 Å². The van der Waals surface area contributed by atoms with E-state index < -0.39 is 23.5 Å². The molecule has 0 aromatic heterocycles. The van der Waals surface area contributed by atoms with Crippen LogP contribution in [0, 0.1) is 11.3 Å². The molecule has 3 heterocycles. The van der Waals surface area contributed by atoms with Crippen molar-refractivity contribution in [2.24, 2.45) is 11.3 Å². The molecule has 1 amide bonds. The van der Waals surface area contributed by atoms with Crippen molar-refractivity contribution < 1.29 is 33.1 Å². The number of hydrogen-bond donors (Lipinski definition) is 0. The number of benzene rings is 1. The molecular formula is C25H36BNO7. The fraction of sp³-hybridized carbons (Fsp3) is 0.680. The van der Waals surface area contributed by atoms with E-state index >= 15 is 0 Å². The lowest BCUT2D eigenvalue weighted by Crippen LogP contribution is -2.50. The van der Waals surface area contributed by atoms with Crippen LogP contribution in [0.25, 0.3) is 0 Å². The molecule has 0 aliphatic carbocycles. The third-order valence-corrected chi connectivity index (χ3v) is 8.02. The predicted octanol–water partition coefficient (Wildman–Crippen LogP) is 3.69. The van der Waals surface area contributed by atoms with Crippen LogP contribution in [-0.2, 0) is 34.9 Å². The van der Waals surface area contributed by atoms with Gasteiger partial charge in [0, 0.05) is 17.9 Å². The summed E-state index contributed by atoms with van der Waals surface area (Å²) in [7, 11) is 1.06. The summed E-state index contributed by atoms with van der Waals surface area (Å²) in [5.41, 5.74) is -0.375. The van der Waals surface area contributed by atoms with E-state index in [-0.39, 0.29) is 30.8 Å². The van der Waals surface area contributed by atoms with Crippen LogP contribution in [0.15, 0.2) is 30.3 Å². The summed E-state index contributed by atoms with van der Waals surface area (Å²) in [5.74, 6) is -0.389. The summed E-state index contributed by atoms with van der Waals surface area (Å²) in [6.45, 7) is 9.62. The van der Waals surface area contributed by atoms with Gasteiger partial charge in [0.15, 0.2) is 0 Å². The molecule has 186 valence electrons. The number of carbonyl (C=O) groups is 2. The smallest absolute Gasteiger partial charge is 0.457 e. The second kappa shape index (κ2) is 9.51. The summed E-state index contributed by atoms with van der Waals surface area (Å²) in [6.07, 6.45) is 1.67. The van der Waals surface area contributed by atoms with Crippen LogP contribution in [0.2, 0.25) is 6.32 Å². The molecule has 34 heavy (non-hydrogen) atoms. The Hall–Kier alpha value is -2.10. The third kappa shape index (κ3) is 4.57. The Kier molecular flexibility index (Phi) is 7.00. The molecule has 0 radical (unpaired) electrons. The quantitative estimate of drug-likeness (QED) is 0.441. The maximum absolute atomic E-state index is 13.1. The SMILES string of the molecule is COC(=O)[C@H]1N(C(=O)OCc2ccccc2)C[C@H]2COC[C@@]21CCCB1OC(C)(C)C(C)(C)O1. The van der Waals surface area contributed by atoms with Gasteiger partial charge in [-0.15, -0.1) is 0 Å². The Labute approximate surface area is 202 Å². The van der Waals surface area contributed by atoms with E-state index in [1.165, 1.54) is 12.0 Å². The number of methoxy groups -OCH3 is 1. The van der Waals surface area contributed by atoms with Crippen LogP contribution in [0.3, 0.4) is 0 Å². The molecule has 0 unspecified atom stereocenters. The van der Waals surface area contributed by atoms with Gasteiger partial charge in [0.1, 0.15) is 12.6 Å². The van der Waals surface area contributed by atoms with E-state index in [0.717, 1.165) is 12.0 Å². The normalized spacial score (nSPS) is 29.2. The third-order valence-electron chi connectivity index (χ3n) is 8.02. The summed E-state index contributed by atoms with van der Waals surface area (Å²) in [4.78, 5) is 27.6. The number of amides is 1. The number of nitrogens with zero attached hydrogens (tertiary/aromatic N) is 1. The summed E-state index contributed by atoms with van der Waals surface area (Å²) >= 11 is 0. The highest BCUT2D eigenvalue weighted by molar-refractivity contribution is 6.45. The van der Waals surface area contributed by atoms with Gasteiger partial charge in [-0.3, -0.25) is 4.90 Å². The second-order valence-electron chi connectivity index (χ2n) is 10.6. The Morgan fingerprint density at radius 3 is 2.44 bits per heavy atom. The zero-order valence-electron chi connectivity index (χ0n) is 20.9. The molecule has 1 aromatic rings. The maximum Gasteiger partial charge on any atom is 0.457 e. The lowest BCUT2D eigenvalue weighted by atomic mass is 9.69. The molecule has 3 atom stereocenters. The van der Waals surface area contributed by atoms with Gasteiger partial charge < -0.3 is 23.5 Å². The van der Waals surface area contributed by atoms with Crippen molar-refractivity contribution in [1.82, 2.24) is 4.90 Å². The first-order valence-electron chi connectivity index (χ1n) is 12.1. The van der Waals surface area contributed by atoms with E-state index in [1.807, 2.05) is 58.0 Å². The molecule has 3 saturated heterocycles. The number of ether oxygens (including phenoxy) is 3. The molecule has 9 heteroatoms. The predicted molar refractivity (Wildman–Crippen MR) is 126 cm³/mol. The molecule has 4 rings (SSSR count). The number of rotatable bonds is 7. The van der Waals surface area contributed by atoms with Gasteiger partial charge >= 0.3 is 19.2 Å². The fourth-order valence-corrected chi connectivity index (χ4v) is 5.41. The van der Waals surface area contributed by atoms with Crippen LogP contribution in [0.4, 0.5) is 4.79 Å². The maximum atomic E-state index is 13.1. The van der Waals surface area contributed by atoms with Crippen molar-refractivity contribution in [3.8, 4) is 0 Å². The molecule has 3 fully saturated rings. The number of fused-ring (bicyclic) bond motifs is 1. The van der Waals surface area contributed by atoms with Crippen molar-refractivity contribution in [2.75, 3.05) is 26.9 Å². The lowest BCUT2D eigenvalue weighted by Gasteiger charge is -2.34. The standard InChI is InChI=1S/C25H36BNO7/c1-23(2)24(3,4)34-26(33-23)13-9-12-25-17-31-16-19(25)14-27(20(25)21(28)30-5)22(29)32-15-18-10-7-6-8-11-18/h6-8,10-11,19-20H,9,12-17H2,1-5H3/t19-,20+,25-/m0/s1. The van der Waals surface area contributed by atoms with Gasteiger partial charge in [0.2, 0.25) is 0 Å². The first-order valence-corrected chi connectivity index (χ1v) is 12.1. The molecule has 0 bridgehead atoms. The summed E-state index contributed by atoms with van der Waals surface area (Å²) in [5, 5.41) is 0. The molecule has 1 aromatic carbocycles. The molecule has 8 nitrogen and oxygen atoms in total. The van der Waals surface area contributed by atoms with Crippen LogP contribution in [-0.4, -0.2) is 68.2 Å². The largest absolute Gasteiger partial charge is 0.467 e. The molecular weight excluding hydrogens is 437 g/mol. The van der Waals surface area contributed by atoms with Crippen LogP contribution >= 0.6 is 0 Å². The second-order valence-corrected chi connectivity index (χ2v) is 10.6. The van der Waals surface area contributed by atoms with Crippen molar-refractivity contribution in [2.45, 2.75) is 70.7 Å². The average molecular weight is 473 g/mol. The molecule has 3 aliphatic rings. The minimum absolute atomic E-state index is 0.0409. The highest BCUT2D eigenvalue weighted by Crippen LogP contribution is 2.50. The first-order chi connectivity index (χ1) is 16.1. The average Bonchev–Trinajstić information content (AvgIpc) is 3.39. The van der Waals surface area contributed by atoms with E-state index in [2.05, 4.69) is 0 Å². The molecule has 0 saturated carbocycles. The van der Waals surface area contributed by atoms with Crippen molar-refractivity contribution in [3.05, 3.63) is 35.9 Å². The monoisotopic (exact) mass is 473 g/mol. The first kappa shape index (κ1) is 25.0. The van der Waals surface area contributed by atoms with Gasteiger partial charge in [0.05, 0.1) is 31.5 Å². The topological polar surface area (TPSA) is 83.5 Å². The fourth-order valence-electron chi connectivity index (χ4n) is 5.41. The highest BCUT2D eigenvalue weighted by Gasteiger charge is 2.62. The van der Waals surface area contributed by atoms with Gasteiger partial charge in [-0.25, -0.2) is 9.59 Å². The van der Waals surface area contributed by atoms with Crippen LogP contribution < -0.4 is 0 Å². The number of carbonyl (C=O) groups excluding carboxylic acids is 2. The van der Waals surface area contributed by atoms with E-state index in [9.17, 15) is 9.59 Å². The molecule has 0 spiro atoms. The highest BCUT2D eigenvalue weighted by atomic mass is 16.7. The van der Waals surface area contributed by atoms with E-state index in [4.69, 9.17) is 23.5 Å². The summed E-state index contributed by atoms with van der Waals surface area (Å²) < 4.78 is 28.8. The Morgan fingerprint density at radius 1 is 1.12 bits per heavy atom. The van der Waals surface area contributed by atoms with Gasteiger partial charge in [-0.05, 0) is 46.0 Å². The Balaban J connectivity index is 1.44. The van der Waals surface area contributed by atoms with Crippen molar-refractivity contribution in [1.29, 1.82) is 0 Å².